The summed E-state index contributed by atoms with van der Waals surface area (Å²) in [6.07, 6.45) is 0.713. The van der Waals surface area contributed by atoms with Gasteiger partial charge >= 0.3 is 0 Å². The van der Waals surface area contributed by atoms with E-state index in [1.165, 1.54) is 11.6 Å². The fourth-order valence-corrected chi connectivity index (χ4v) is 3.27. The fourth-order valence-electron chi connectivity index (χ4n) is 3.27. The first-order valence-electron chi connectivity index (χ1n) is 9.04. The largest absolute Gasteiger partial charge is 0.279 e. The van der Waals surface area contributed by atoms with E-state index >= 15 is 0 Å². The molecule has 3 nitrogen and oxygen atoms in total. The van der Waals surface area contributed by atoms with Gasteiger partial charge in [0.25, 0.3) is 0 Å². The minimum atomic E-state index is -0.228. The van der Waals surface area contributed by atoms with E-state index in [1.807, 2.05) is 47.9 Å². The van der Waals surface area contributed by atoms with Gasteiger partial charge in [-0.3, -0.25) is 4.57 Å². The lowest BCUT2D eigenvalue weighted by Gasteiger charge is -2.13. The van der Waals surface area contributed by atoms with Crippen molar-refractivity contribution in [1.29, 1.82) is 0 Å². The van der Waals surface area contributed by atoms with Crippen LogP contribution in [-0.2, 0) is 6.42 Å². The second-order valence-electron chi connectivity index (χ2n) is 6.46. The topological polar surface area (TPSA) is 30.7 Å². The Kier molecular flexibility index (Phi) is 4.55. The van der Waals surface area contributed by atoms with E-state index in [2.05, 4.69) is 34.5 Å². The summed E-state index contributed by atoms with van der Waals surface area (Å²) in [5.74, 6) is 1.31. The third kappa shape index (κ3) is 3.14. The van der Waals surface area contributed by atoms with Crippen LogP contribution in [0.25, 0.3) is 28.2 Å². The Morgan fingerprint density at radius 2 is 1.44 bits per heavy atom. The molecule has 1 heterocycles. The maximum Gasteiger partial charge on any atom is 0.168 e. The van der Waals surface area contributed by atoms with Gasteiger partial charge in [0.1, 0.15) is 11.6 Å². The minimum Gasteiger partial charge on any atom is -0.279 e. The molecule has 4 aromatic rings. The molecular weight excluding hydrogens is 337 g/mol. The molecule has 0 radical (unpaired) electrons. The number of benzene rings is 3. The van der Waals surface area contributed by atoms with Crippen LogP contribution in [0.4, 0.5) is 4.39 Å². The smallest absolute Gasteiger partial charge is 0.168 e. The summed E-state index contributed by atoms with van der Waals surface area (Å²) >= 11 is 0. The van der Waals surface area contributed by atoms with Gasteiger partial charge in [-0.05, 0) is 30.2 Å². The molecule has 27 heavy (non-hydrogen) atoms. The van der Waals surface area contributed by atoms with E-state index in [0.29, 0.717) is 12.0 Å². The highest BCUT2D eigenvalue weighted by Crippen LogP contribution is 2.28. The van der Waals surface area contributed by atoms with Crippen molar-refractivity contribution in [2.75, 3.05) is 0 Å². The van der Waals surface area contributed by atoms with Gasteiger partial charge in [0.2, 0.25) is 0 Å². The van der Waals surface area contributed by atoms with Crippen LogP contribution in [0.2, 0.25) is 0 Å². The van der Waals surface area contributed by atoms with Crippen LogP contribution in [0.1, 0.15) is 18.3 Å². The summed E-state index contributed by atoms with van der Waals surface area (Å²) in [6, 6.07) is 23.6. The summed E-state index contributed by atoms with van der Waals surface area (Å²) in [7, 11) is 0. The van der Waals surface area contributed by atoms with Crippen molar-refractivity contribution in [3.63, 3.8) is 0 Å². The molecule has 1 aromatic heterocycles. The molecule has 0 saturated heterocycles. The van der Waals surface area contributed by atoms with Crippen molar-refractivity contribution in [3.8, 4) is 28.2 Å². The standard InChI is InChI=1S/C23H20FN3/c1-3-22-25-26-23(27(22)21-11-7-10-20(24)16(21)2)19-14-12-18(13-15-19)17-8-5-4-6-9-17/h4-15H,3H2,1-2H3. The molecule has 0 fully saturated rings. The van der Waals surface area contributed by atoms with Crippen molar-refractivity contribution in [3.05, 3.63) is 90.0 Å². The second-order valence-corrected chi connectivity index (χ2v) is 6.46. The maximum absolute atomic E-state index is 14.1. The van der Waals surface area contributed by atoms with Crippen molar-refractivity contribution in [1.82, 2.24) is 14.8 Å². The predicted octanol–water partition coefficient (Wildman–Crippen LogP) is 5.61. The first-order valence-corrected chi connectivity index (χ1v) is 9.04. The number of aromatic nitrogens is 3. The molecule has 0 bridgehead atoms. The Hall–Kier alpha value is -3.27. The first-order chi connectivity index (χ1) is 13.2. The van der Waals surface area contributed by atoms with Crippen LogP contribution in [-0.4, -0.2) is 14.8 Å². The molecule has 0 N–H and O–H groups in total. The second kappa shape index (κ2) is 7.16. The molecule has 0 atom stereocenters. The summed E-state index contributed by atoms with van der Waals surface area (Å²) in [5, 5.41) is 8.73. The van der Waals surface area contributed by atoms with Crippen LogP contribution >= 0.6 is 0 Å². The third-order valence-electron chi connectivity index (χ3n) is 4.78. The molecule has 0 amide bonds. The molecular formula is C23H20FN3. The van der Waals surface area contributed by atoms with E-state index in [9.17, 15) is 4.39 Å². The third-order valence-corrected chi connectivity index (χ3v) is 4.78. The van der Waals surface area contributed by atoms with Gasteiger partial charge in [0.05, 0.1) is 5.69 Å². The van der Waals surface area contributed by atoms with E-state index in [-0.39, 0.29) is 5.82 Å². The molecule has 0 spiro atoms. The van der Waals surface area contributed by atoms with Gasteiger partial charge in [-0.1, -0.05) is 67.6 Å². The number of halogens is 1. The summed E-state index contributed by atoms with van der Waals surface area (Å²) in [5.41, 5.74) is 4.63. The van der Waals surface area contributed by atoms with E-state index < -0.39 is 0 Å². The molecule has 0 aliphatic rings. The number of aryl methyl sites for hydroxylation is 1. The molecule has 4 heteroatoms. The maximum atomic E-state index is 14.1. The number of nitrogens with zero attached hydrogens (tertiary/aromatic N) is 3. The van der Waals surface area contributed by atoms with E-state index in [4.69, 9.17) is 0 Å². The van der Waals surface area contributed by atoms with E-state index in [0.717, 1.165) is 28.5 Å². The summed E-state index contributed by atoms with van der Waals surface area (Å²) < 4.78 is 16.1. The lowest BCUT2D eigenvalue weighted by atomic mass is 10.0. The average molecular weight is 357 g/mol. The number of hydrogen-bond donors (Lipinski definition) is 0. The van der Waals surface area contributed by atoms with Gasteiger partial charge in [-0.15, -0.1) is 10.2 Å². The molecule has 134 valence electrons. The molecule has 0 unspecified atom stereocenters. The Morgan fingerprint density at radius 3 is 2.15 bits per heavy atom. The zero-order valence-electron chi connectivity index (χ0n) is 15.4. The SMILES string of the molecule is CCc1nnc(-c2ccc(-c3ccccc3)cc2)n1-c1cccc(F)c1C. The van der Waals surface area contributed by atoms with E-state index in [1.54, 1.807) is 13.0 Å². The van der Waals surface area contributed by atoms with Gasteiger partial charge in [-0.25, -0.2) is 4.39 Å². The van der Waals surface area contributed by atoms with Crippen LogP contribution in [0.15, 0.2) is 72.8 Å². The Morgan fingerprint density at radius 1 is 0.778 bits per heavy atom. The highest BCUT2D eigenvalue weighted by atomic mass is 19.1. The monoisotopic (exact) mass is 357 g/mol. The van der Waals surface area contributed by atoms with Gasteiger partial charge in [0.15, 0.2) is 5.82 Å². The van der Waals surface area contributed by atoms with Crippen molar-refractivity contribution in [2.24, 2.45) is 0 Å². The van der Waals surface area contributed by atoms with Gasteiger partial charge in [0, 0.05) is 17.5 Å². The minimum absolute atomic E-state index is 0.228. The normalized spacial score (nSPS) is 10.9. The number of rotatable bonds is 4. The van der Waals surface area contributed by atoms with Crippen molar-refractivity contribution in [2.45, 2.75) is 20.3 Å². The zero-order chi connectivity index (χ0) is 18.8. The molecule has 3 aromatic carbocycles. The lowest BCUT2D eigenvalue weighted by molar-refractivity contribution is 0.616. The molecule has 0 aliphatic heterocycles. The summed E-state index contributed by atoms with van der Waals surface area (Å²) in [4.78, 5) is 0. The fraction of sp³-hybridized carbons (Fsp3) is 0.130. The van der Waals surface area contributed by atoms with Crippen LogP contribution in [0.3, 0.4) is 0 Å². The van der Waals surface area contributed by atoms with Crippen LogP contribution in [0.5, 0.6) is 0 Å². The zero-order valence-corrected chi connectivity index (χ0v) is 15.4. The van der Waals surface area contributed by atoms with Gasteiger partial charge in [-0.2, -0.15) is 0 Å². The summed E-state index contributed by atoms with van der Waals surface area (Å²) in [6.45, 7) is 3.81. The highest BCUT2D eigenvalue weighted by molar-refractivity contribution is 5.68. The molecule has 0 aliphatic carbocycles. The quantitative estimate of drug-likeness (QED) is 0.475. The Labute approximate surface area is 158 Å². The van der Waals surface area contributed by atoms with Crippen molar-refractivity contribution >= 4 is 0 Å². The van der Waals surface area contributed by atoms with Crippen LogP contribution < -0.4 is 0 Å². The highest BCUT2D eigenvalue weighted by Gasteiger charge is 2.17. The molecule has 4 rings (SSSR count). The Balaban J connectivity index is 1.81. The van der Waals surface area contributed by atoms with Crippen molar-refractivity contribution < 1.29 is 4.39 Å². The molecule has 0 saturated carbocycles. The van der Waals surface area contributed by atoms with Crippen LogP contribution in [0, 0.1) is 12.7 Å². The Bertz CT molecular complexity index is 1070. The van der Waals surface area contributed by atoms with Gasteiger partial charge < -0.3 is 0 Å². The first kappa shape index (κ1) is 17.2. The average Bonchev–Trinajstić information content (AvgIpc) is 3.15. The lowest BCUT2D eigenvalue weighted by Crippen LogP contribution is -2.05. The number of hydrogen-bond acceptors (Lipinski definition) is 2. The predicted molar refractivity (Wildman–Crippen MR) is 106 cm³/mol.